The van der Waals surface area contributed by atoms with Crippen LogP contribution in [0.25, 0.3) is 17.2 Å². The standard InChI is InChI=1S/C20H20N2OS/c1-2-3-12-22-19(23)18(21-20(22)24)14-15-8-7-11-17(13-15)16-9-5-4-6-10-16/h4-11,13-14H,2-3,12H2,1H3,(H,21,24)/b18-14-. The van der Waals surface area contributed by atoms with E-state index in [2.05, 4.69) is 36.5 Å². The molecule has 0 aromatic heterocycles. The fraction of sp³-hybridized carbons (Fsp3) is 0.200. The number of thiocarbonyl (C=S) groups is 1. The van der Waals surface area contributed by atoms with Gasteiger partial charge in [-0.25, -0.2) is 0 Å². The van der Waals surface area contributed by atoms with Crippen LogP contribution in [0.1, 0.15) is 25.3 Å². The number of nitrogens with zero attached hydrogens (tertiary/aromatic N) is 1. The zero-order chi connectivity index (χ0) is 16.9. The molecule has 3 rings (SSSR count). The molecule has 4 heteroatoms. The van der Waals surface area contributed by atoms with Crippen molar-refractivity contribution in [2.45, 2.75) is 19.8 Å². The van der Waals surface area contributed by atoms with Crippen LogP contribution in [0.15, 0.2) is 60.3 Å². The van der Waals surface area contributed by atoms with Crippen molar-refractivity contribution in [3.05, 3.63) is 65.9 Å². The van der Waals surface area contributed by atoms with Crippen molar-refractivity contribution in [2.75, 3.05) is 6.54 Å². The first kappa shape index (κ1) is 16.4. The summed E-state index contributed by atoms with van der Waals surface area (Å²) in [5, 5.41) is 3.54. The third-order valence-corrected chi connectivity index (χ3v) is 4.32. The molecule has 2 aromatic carbocycles. The summed E-state index contributed by atoms with van der Waals surface area (Å²) in [6.07, 6.45) is 3.85. The second-order valence-corrected chi connectivity index (χ2v) is 6.18. The number of rotatable bonds is 5. The molecule has 1 amide bonds. The summed E-state index contributed by atoms with van der Waals surface area (Å²) in [5.74, 6) is -0.0430. The Kier molecular flexibility index (Phi) is 5.06. The molecule has 2 aromatic rings. The summed E-state index contributed by atoms with van der Waals surface area (Å²) in [5.41, 5.74) is 3.80. The fourth-order valence-electron chi connectivity index (χ4n) is 2.70. The van der Waals surface area contributed by atoms with Crippen molar-refractivity contribution < 1.29 is 4.79 Å². The molecule has 0 atom stereocenters. The molecule has 0 unspecified atom stereocenters. The van der Waals surface area contributed by atoms with Gasteiger partial charge in [-0.15, -0.1) is 0 Å². The van der Waals surface area contributed by atoms with E-state index >= 15 is 0 Å². The van der Waals surface area contributed by atoms with Gasteiger partial charge in [-0.05, 0) is 47.5 Å². The van der Waals surface area contributed by atoms with Gasteiger partial charge >= 0.3 is 0 Å². The van der Waals surface area contributed by atoms with Gasteiger partial charge in [-0.1, -0.05) is 61.9 Å². The quantitative estimate of drug-likeness (QED) is 0.656. The summed E-state index contributed by atoms with van der Waals surface area (Å²) >= 11 is 5.28. The highest BCUT2D eigenvalue weighted by atomic mass is 32.1. The molecule has 3 nitrogen and oxygen atoms in total. The summed E-state index contributed by atoms with van der Waals surface area (Å²) in [7, 11) is 0. The average Bonchev–Trinajstić information content (AvgIpc) is 2.87. The molecule has 1 saturated heterocycles. The van der Waals surface area contributed by atoms with E-state index in [1.807, 2.05) is 36.4 Å². The highest BCUT2D eigenvalue weighted by molar-refractivity contribution is 7.80. The molecule has 1 aliphatic rings. The van der Waals surface area contributed by atoms with E-state index in [1.165, 1.54) is 0 Å². The third kappa shape index (κ3) is 3.54. The minimum absolute atomic E-state index is 0.0430. The molecule has 24 heavy (non-hydrogen) atoms. The molecule has 1 aliphatic heterocycles. The minimum atomic E-state index is -0.0430. The summed E-state index contributed by atoms with van der Waals surface area (Å²) in [4.78, 5) is 14.1. The Balaban J connectivity index is 1.84. The fourth-order valence-corrected chi connectivity index (χ4v) is 2.98. The first-order valence-electron chi connectivity index (χ1n) is 8.19. The number of hydrogen-bond acceptors (Lipinski definition) is 2. The molecule has 0 bridgehead atoms. The average molecular weight is 336 g/mol. The molecule has 0 radical (unpaired) electrons. The predicted molar refractivity (Wildman–Crippen MR) is 102 cm³/mol. The van der Waals surface area contributed by atoms with E-state index in [4.69, 9.17) is 12.2 Å². The lowest BCUT2D eigenvalue weighted by molar-refractivity contribution is -0.122. The maximum absolute atomic E-state index is 12.5. The second kappa shape index (κ2) is 7.41. The maximum atomic E-state index is 12.5. The molecular formula is C20H20N2OS. The predicted octanol–water partition coefficient (Wildman–Crippen LogP) is 4.21. The first-order valence-corrected chi connectivity index (χ1v) is 8.60. The number of benzene rings is 2. The molecule has 0 spiro atoms. The molecule has 1 heterocycles. The van der Waals surface area contributed by atoms with Crippen molar-refractivity contribution in [3.63, 3.8) is 0 Å². The van der Waals surface area contributed by atoms with Crippen molar-refractivity contribution in [1.29, 1.82) is 0 Å². The van der Waals surface area contributed by atoms with Crippen LogP contribution < -0.4 is 5.32 Å². The smallest absolute Gasteiger partial charge is 0.276 e. The van der Waals surface area contributed by atoms with Crippen LogP contribution in [0.4, 0.5) is 0 Å². The SMILES string of the molecule is CCCCN1C(=O)/C(=C/c2cccc(-c3ccccc3)c2)NC1=S. The number of amides is 1. The van der Waals surface area contributed by atoms with Crippen LogP contribution in [0.5, 0.6) is 0 Å². The van der Waals surface area contributed by atoms with Gasteiger partial charge in [0.15, 0.2) is 5.11 Å². The van der Waals surface area contributed by atoms with Crippen molar-refractivity contribution in [1.82, 2.24) is 10.2 Å². The van der Waals surface area contributed by atoms with Crippen LogP contribution in [0.2, 0.25) is 0 Å². The number of carbonyl (C=O) groups is 1. The van der Waals surface area contributed by atoms with Crippen molar-refractivity contribution in [3.8, 4) is 11.1 Å². The van der Waals surface area contributed by atoms with E-state index < -0.39 is 0 Å². The van der Waals surface area contributed by atoms with Crippen LogP contribution in [-0.2, 0) is 4.79 Å². The summed E-state index contributed by atoms with van der Waals surface area (Å²) in [6, 6.07) is 18.3. The molecular weight excluding hydrogens is 316 g/mol. The Morgan fingerprint density at radius 2 is 1.83 bits per heavy atom. The van der Waals surface area contributed by atoms with E-state index in [-0.39, 0.29) is 5.91 Å². The van der Waals surface area contributed by atoms with Gasteiger partial charge in [0.2, 0.25) is 0 Å². The van der Waals surface area contributed by atoms with Crippen LogP contribution in [0.3, 0.4) is 0 Å². The molecule has 1 fully saturated rings. The van der Waals surface area contributed by atoms with Crippen molar-refractivity contribution >= 4 is 29.3 Å². The van der Waals surface area contributed by atoms with Gasteiger partial charge in [0.25, 0.3) is 5.91 Å². The number of hydrogen-bond donors (Lipinski definition) is 1. The van der Waals surface area contributed by atoms with Gasteiger partial charge in [0.05, 0.1) is 0 Å². The Morgan fingerprint density at radius 1 is 1.08 bits per heavy atom. The number of unbranched alkanes of at least 4 members (excludes halogenated alkanes) is 1. The molecule has 1 N–H and O–H groups in total. The Hall–Kier alpha value is -2.46. The van der Waals surface area contributed by atoms with Crippen LogP contribution in [0, 0.1) is 0 Å². The van der Waals surface area contributed by atoms with Gasteiger partial charge in [0.1, 0.15) is 5.70 Å². The highest BCUT2D eigenvalue weighted by Gasteiger charge is 2.29. The lowest BCUT2D eigenvalue weighted by Gasteiger charge is -2.12. The Morgan fingerprint density at radius 3 is 2.58 bits per heavy atom. The zero-order valence-electron chi connectivity index (χ0n) is 13.7. The largest absolute Gasteiger partial charge is 0.328 e. The number of carbonyl (C=O) groups excluding carboxylic acids is 1. The van der Waals surface area contributed by atoms with E-state index in [1.54, 1.807) is 4.90 Å². The van der Waals surface area contributed by atoms with Crippen LogP contribution in [-0.4, -0.2) is 22.5 Å². The second-order valence-electron chi connectivity index (χ2n) is 5.79. The van der Waals surface area contributed by atoms with Crippen molar-refractivity contribution in [2.24, 2.45) is 0 Å². The van der Waals surface area contributed by atoms with E-state index in [0.717, 1.165) is 29.5 Å². The summed E-state index contributed by atoms with van der Waals surface area (Å²) < 4.78 is 0. The topological polar surface area (TPSA) is 32.3 Å². The molecule has 0 aliphatic carbocycles. The maximum Gasteiger partial charge on any atom is 0.276 e. The van der Waals surface area contributed by atoms with Gasteiger partial charge in [-0.3, -0.25) is 9.69 Å². The van der Waals surface area contributed by atoms with E-state index in [0.29, 0.717) is 17.4 Å². The zero-order valence-corrected chi connectivity index (χ0v) is 14.5. The highest BCUT2D eigenvalue weighted by Crippen LogP contribution is 2.22. The Labute approximate surface area is 148 Å². The monoisotopic (exact) mass is 336 g/mol. The minimum Gasteiger partial charge on any atom is -0.328 e. The number of nitrogens with one attached hydrogen (secondary N) is 1. The summed E-state index contributed by atoms with van der Waals surface area (Å²) in [6.45, 7) is 2.77. The lowest BCUT2D eigenvalue weighted by atomic mass is 10.0. The first-order chi connectivity index (χ1) is 11.7. The van der Waals surface area contributed by atoms with Crippen LogP contribution >= 0.6 is 12.2 Å². The van der Waals surface area contributed by atoms with Gasteiger partial charge in [-0.2, -0.15) is 0 Å². The lowest BCUT2D eigenvalue weighted by Crippen LogP contribution is -2.31. The Bertz CT molecular complexity index is 783. The molecule has 0 saturated carbocycles. The molecule has 122 valence electrons. The third-order valence-electron chi connectivity index (χ3n) is 4.00. The van der Waals surface area contributed by atoms with Gasteiger partial charge in [0, 0.05) is 6.54 Å². The normalized spacial score (nSPS) is 15.9. The van der Waals surface area contributed by atoms with Gasteiger partial charge < -0.3 is 5.32 Å². The van der Waals surface area contributed by atoms with E-state index in [9.17, 15) is 4.79 Å².